The smallest absolute Gasteiger partial charge is 0.163 e. The Morgan fingerprint density at radius 1 is 0.636 bits per heavy atom. The molecule has 6 rings (SSSR count). The average molecular weight is 455 g/mol. The molecule has 3 aromatic carbocycles. The molecule has 0 unspecified atom stereocenters. The predicted octanol–water partition coefficient (Wildman–Crippen LogP) is 6.32. The van der Waals surface area contributed by atoms with Gasteiger partial charge in [-0.3, -0.25) is 0 Å². The molecular weight excluding hydrogens is 420 g/mol. The molecule has 0 amide bonds. The zero-order valence-corrected chi connectivity index (χ0v) is 20.7. The molecule has 0 N–H and O–H groups in total. The van der Waals surface area contributed by atoms with Gasteiger partial charge in [0.2, 0.25) is 0 Å². The molecule has 170 valence electrons. The number of rotatable bonds is 7. The SMILES string of the molecule is CC1(C)O[C@H]2[C@@H]3C[C@@H]3[C@@H]([Si](Cc3ccccc3)(Cc3ccccc3)Cc3ccccc3)[C@H]2O1. The zero-order valence-electron chi connectivity index (χ0n) is 19.7. The summed E-state index contributed by atoms with van der Waals surface area (Å²) in [4.78, 5) is 0. The second kappa shape index (κ2) is 8.23. The molecule has 2 saturated carbocycles. The normalized spacial score (nSPS) is 29.5. The van der Waals surface area contributed by atoms with Gasteiger partial charge in [-0.05, 0) is 55.8 Å². The van der Waals surface area contributed by atoms with Crippen molar-refractivity contribution in [3.63, 3.8) is 0 Å². The monoisotopic (exact) mass is 454 g/mol. The van der Waals surface area contributed by atoms with Crippen molar-refractivity contribution in [3.05, 3.63) is 108 Å². The summed E-state index contributed by atoms with van der Waals surface area (Å²) >= 11 is 0. The molecule has 3 fully saturated rings. The number of benzene rings is 3. The maximum atomic E-state index is 6.72. The number of hydrogen-bond donors (Lipinski definition) is 0. The van der Waals surface area contributed by atoms with Crippen LogP contribution >= 0.6 is 0 Å². The van der Waals surface area contributed by atoms with Gasteiger partial charge in [-0.1, -0.05) is 108 Å². The van der Waals surface area contributed by atoms with Gasteiger partial charge in [0.1, 0.15) is 0 Å². The third-order valence-electron chi connectivity index (χ3n) is 8.20. The molecule has 3 aromatic rings. The van der Waals surface area contributed by atoms with Crippen molar-refractivity contribution in [2.75, 3.05) is 0 Å². The molecule has 1 saturated heterocycles. The predicted molar refractivity (Wildman–Crippen MR) is 135 cm³/mol. The fourth-order valence-corrected chi connectivity index (χ4v) is 13.5. The number of ether oxygens (including phenoxy) is 2. The van der Waals surface area contributed by atoms with Crippen LogP contribution in [0.3, 0.4) is 0 Å². The van der Waals surface area contributed by atoms with Crippen LogP contribution in [0.4, 0.5) is 0 Å². The molecule has 0 radical (unpaired) electrons. The summed E-state index contributed by atoms with van der Waals surface area (Å²) < 4.78 is 13.2. The number of hydrogen-bond acceptors (Lipinski definition) is 2. The van der Waals surface area contributed by atoms with Crippen molar-refractivity contribution >= 4 is 8.07 Å². The largest absolute Gasteiger partial charge is 0.345 e. The molecule has 2 nitrogen and oxygen atoms in total. The Labute approximate surface area is 199 Å². The summed E-state index contributed by atoms with van der Waals surface area (Å²) in [5, 5.41) is 0. The summed E-state index contributed by atoms with van der Waals surface area (Å²) in [6.07, 6.45) is 1.84. The second-order valence-electron chi connectivity index (χ2n) is 11.0. The lowest BCUT2D eigenvalue weighted by Gasteiger charge is -2.42. The lowest BCUT2D eigenvalue weighted by Crippen LogP contribution is -2.53. The van der Waals surface area contributed by atoms with Crippen molar-refractivity contribution in [3.8, 4) is 0 Å². The summed E-state index contributed by atoms with van der Waals surface area (Å²) in [5.74, 6) is 0.989. The Morgan fingerprint density at radius 2 is 1.06 bits per heavy atom. The fourth-order valence-electron chi connectivity index (χ4n) is 7.05. The van der Waals surface area contributed by atoms with Crippen LogP contribution in [-0.4, -0.2) is 26.1 Å². The van der Waals surface area contributed by atoms with E-state index >= 15 is 0 Å². The minimum absolute atomic E-state index is 0.242. The minimum Gasteiger partial charge on any atom is -0.345 e. The van der Waals surface area contributed by atoms with E-state index in [-0.39, 0.29) is 12.2 Å². The highest BCUT2D eigenvalue weighted by molar-refractivity contribution is 6.80. The first kappa shape index (κ1) is 21.3. The average Bonchev–Trinajstić information content (AvgIpc) is 3.43. The standard InChI is InChI=1S/C30H34O2Si/c1-30(2)31-27-25-18-26(25)29(28(27)32-30)33(19-22-12-6-3-7-13-22,20-23-14-8-4-9-15-23)21-24-16-10-5-11-17-24/h3-17,25-29H,18-21H2,1-2H3/t25-,26+,27+,28+,29-/m1/s1. The van der Waals surface area contributed by atoms with E-state index < -0.39 is 13.9 Å². The Kier molecular flexibility index (Phi) is 5.32. The molecule has 3 heteroatoms. The lowest BCUT2D eigenvalue weighted by atomic mass is 10.1. The van der Waals surface area contributed by atoms with E-state index in [0.29, 0.717) is 11.5 Å². The van der Waals surface area contributed by atoms with Crippen LogP contribution in [0.5, 0.6) is 0 Å². The van der Waals surface area contributed by atoms with Crippen LogP contribution in [0, 0.1) is 11.8 Å². The van der Waals surface area contributed by atoms with Crippen LogP contribution in [-0.2, 0) is 27.6 Å². The molecule has 1 heterocycles. The maximum absolute atomic E-state index is 6.72. The Morgan fingerprint density at radius 3 is 1.52 bits per heavy atom. The Balaban J connectivity index is 1.47. The second-order valence-corrected chi connectivity index (χ2v) is 15.5. The highest BCUT2D eigenvalue weighted by Gasteiger charge is 2.70. The van der Waals surface area contributed by atoms with E-state index in [4.69, 9.17) is 9.47 Å². The van der Waals surface area contributed by atoms with E-state index in [1.807, 2.05) is 0 Å². The van der Waals surface area contributed by atoms with Gasteiger partial charge < -0.3 is 9.47 Å². The van der Waals surface area contributed by atoms with Crippen molar-refractivity contribution in [2.45, 2.75) is 61.9 Å². The van der Waals surface area contributed by atoms with E-state index in [9.17, 15) is 0 Å². The first-order valence-corrected chi connectivity index (χ1v) is 15.2. The summed E-state index contributed by atoms with van der Waals surface area (Å²) in [6, 6.07) is 37.2. The first-order chi connectivity index (χ1) is 16.0. The van der Waals surface area contributed by atoms with Gasteiger partial charge in [0.25, 0.3) is 0 Å². The van der Waals surface area contributed by atoms with E-state index in [2.05, 4.69) is 105 Å². The number of fused-ring (bicyclic) bond motifs is 3. The third kappa shape index (κ3) is 4.12. The third-order valence-corrected chi connectivity index (χ3v) is 13.7. The van der Waals surface area contributed by atoms with Gasteiger partial charge >= 0.3 is 0 Å². The van der Waals surface area contributed by atoms with E-state index in [1.165, 1.54) is 41.2 Å². The zero-order chi connectivity index (χ0) is 22.5. The van der Waals surface area contributed by atoms with Crippen LogP contribution < -0.4 is 0 Å². The Bertz CT molecular complexity index is 981. The lowest BCUT2D eigenvalue weighted by molar-refractivity contribution is -0.152. The molecule has 0 bridgehead atoms. The van der Waals surface area contributed by atoms with Crippen LogP contribution in [0.2, 0.25) is 5.54 Å². The van der Waals surface area contributed by atoms with Crippen LogP contribution in [0.15, 0.2) is 91.0 Å². The van der Waals surface area contributed by atoms with Crippen molar-refractivity contribution in [1.82, 2.24) is 0 Å². The van der Waals surface area contributed by atoms with E-state index in [0.717, 1.165) is 5.92 Å². The highest BCUT2D eigenvalue weighted by atomic mass is 28.3. The van der Waals surface area contributed by atoms with Gasteiger partial charge in [-0.15, -0.1) is 0 Å². The Hall–Kier alpha value is -2.20. The quantitative estimate of drug-likeness (QED) is 0.389. The summed E-state index contributed by atoms with van der Waals surface area (Å²) in [5.41, 5.74) is 5.06. The molecule has 2 aliphatic carbocycles. The molecule has 5 atom stereocenters. The van der Waals surface area contributed by atoms with Gasteiger partial charge in [0.05, 0.1) is 20.3 Å². The van der Waals surface area contributed by atoms with Crippen molar-refractivity contribution in [2.24, 2.45) is 11.8 Å². The molecule has 3 aliphatic rings. The van der Waals surface area contributed by atoms with Crippen LogP contribution in [0.1, 0.15) is 37.0 Å². The molecule has 0 spiro atoms. The fraction of sp³-hybridized carbons (Fsp3) is 0.400. The topological polar surface area (TPSA) is 18.5 Å². The highest BCUT2D eigenvalue weighted by Crippen LogP contribution is 2.67. The van der Waals surface area contributed by atoms with Gasteiger partial charge in [-0.25, -0.2) is 0 Å². The molecule has 0 aromatic heterocycles. The minimum atomic E-state index is -1.96. The van der Waals surface area contributed by atoms with Gasteiger partial charge in [-0.2, -0.15) is 0 Å². The van der Waals surface area contributed by atoms with Crippen molar-refractivity contribution in [1.29, 1.82) is 0 Å². The first-order valence-electron chi connectivity index (χ1n) is 12.5. The summed E-state index contributed by atoms with van der Waals surface area (Å²) in [6.45, 7) is 4.21. The van der Waals surface area contributed by atoms with Crippen LogP contribution in [0.25, 0.3) is 0 Å². The van der Waals surface area contributed by atoms with Crippen molar-refractivity contribution < 1.29 is 9.47 Å². The summed E-state index contributed by atoms with van der Waals surface area (Å²) in [7, 11) is -1.96. The van der Waals surface area contributed by atoms with Gasteiger partial charge in [0, 0.05) is 0 Å². The van der Waals surface area contributed by atoms with Gasteiger partial charge in [0.15, 0.2) is 5.79 Å². The molecule has 33 heavy (non-hydrogen) atoms. The molecular formula is C30H34O2Si. The maximum Gasteiger partial charge on any atom is 0.163 e. The van der Waals surface area contributed by atoms with E-state index in [1.54, 1.807) is 0 Å². The molecule has 1 aliphatic heterocycles.